The quantitative estimate of drug-likeness (QED) is 0.650. The highest BCUT2D eigenvalue weighted by atomic mass is 32.2. The van der Waals surface area contributed by atoms with Crippen molar-refractivity contribution >= 4 is 26.6 Å². The second-order valence-corrected chi connectivity index (χ2v) is 9.50. The van der Waals surface area contributed by atoms with Crippen LogP contribution in [0.25, 0.3) is 10.8 Å². The van der Waals surface area contributed by atoms with E-state index >= 15 is 0 Å². The lowest BCUT2D eigenvalue weighted by atomic mass is 10.0. The van der Waals surface area contributed by atoms with E-state index < -0.39 is 10.0 Å². The molecule has 5 heteroatoms. The third kappa shape index (κ3) is 3.20. The molecule has 0 bridgehead atoms. The van der Waals surface area contributed by atoms with Crippen molar-refractivity contribution < 1.29 is 8.42 Å². The van der Waals surface area contributed by atoms with Crippen LogP contribution < -0.4 is 0 Å². The van der Waals surface area contributed by atoms with Gasteiger partial charge >= 0.3 is 0 Å². The summed E-state index contributed by atoms with van der Waals surface area (Å²) in [6.07, 6.45) is 0. The number of nitrogens with zero attached hydrogens (tertiary/aromatic N) is 2. The van der Waals surface area contributed by atoms with E-state index in [0.717, 1.165) is 21.9 Å². The summed E-state index contributed by atoms with van der Waals surface area (Å²) in [6, 6.07) is 20.9. The van der Waals surface area contributed by atoms with Gasteiger partial charge in [0.2, 0.25) is 0 Å². The summed E-state index contributed by atoms with van der Waals surface area (Å²) < 4.78 is 28.4. The molecule has 1 aliphatic rings. The lowest BCUT2D eigenvalue weighted by molar-refractivity contribution is 0.455. The fourth-order valence-electron chi connectivity index (χ4n) is 3.55. The monoisotopic (exact) mass is 392 g/mol. The number of hydrogen-bond donors (Lipinski definition) is 0. The van der Waals surface area contributed by atoms with Crippen molar-refractivity contribution in [3.05, 3.63) is 77.9 Å². The second kappa shape index (κ2) is 7.06. The van der Waals surface area contributed by atoms with Gasteiger partial charge in [0.15, 0.2) is 0 Å². The Labute approximate surface area is 166 Å². The van der Waals surface area contributed by atoms with Crippen LogP contribution in [-0.2, 0) is 10.0 Å². The Bertz CT molecular complexity index is 1140. The molecule has 28 heavy (non-hydrogen) atoms. The maximum absolute atomic E-state index is 13.5. The summed E-state index contributed by atoms with van der Waals surface area (Å²) in [5, 5.41) is 2.08. The first-order valence-electron chi connectivity index (χ1n) is 9.53. The Balaban J connectivity index is 1.87. The number of hydrogen-bond acceptors (Lipinski definition) is 3. The van der Waals surface area contributed by atoms with Crippen LogP contribution in [0.4, 0.5) is 0 Å². The molecule has 0 amide bonds. The molecule has 1 heterocycles. The largest absolute Gasteiger partial charge is 0.265 e. The summed E-state index contributed by atoms with van der Waals surface area (Å²) >= 11 is 0. The van der Waals surface area contributed by atoms with Crippen molar-refractivity contribution in [2.24, 2.45) is 10.9 Å². The van der Waals surface area contributed by atoms with Gasteiger partial charge in [0.05, 0.1) is 17.5 Å². The smallest absolute Gasteiger partial charge is 0.262 e. The lowest BCUT2D eigenvalue weighted by Crippen LogP contribution is -2.36. The molecule has 0 radical (unpaired) electrons. The molecule has 3 aromatic carbocycles. The van der Waals surface area contributed by atoms with Gasteiger partial charge in [-0.2, -0.15) is 0 Å². The molecule has 0 aliphatic carbocycles. The Morgan fingerprint density at radius 2 is 1.64 bits per heavy atom. The summed E-state index contributed by atoms with van der Waals surface area (Å²) in [4.78, 5) is 5.16. The number of aliphatic imine (C=N–C) groups is 1. The van der Waals surface area contributed by atoms with Crippen LogP contribution in [0.2, 0.25) is 0 Å². The number of aryl methyl sites for hydroxylation is 1. The molecule has 4 nitrogen and oxygen atoms in total. The SMILES string of the molecule is Cc1ccc(S(=O)(=O)N2C[C@H](C(C)C)N=C2c2cccc3ccccc23)cc1. The van der Waals surface area contributed by atoms with Crippen molar-refractivity contribution in [3.63, 3.8) is 0 Å². The third-order valence-corrected chi connectivity index (χ3v) is 7.06. The van der Waals surface area contributed by atoms with Crippen molar-refractivity contribution in [3.8, 4) is 0 Å². The predicted molar refractivity (Wildman–Crippen MR) is 114 cm³/mol. The topological polar surface area (TPSA) is 49.7 Å². The van der Waals surface area contributed by atoms with E-state index in [2.05, 4.69) is 13.8 Å². The van der Waals surface area contributed by atoms with Gasteiger partial charge in [-0.3, -0.25) is 4.99 Å². The molecular formula is C23H24N2O2S. The van der Waals surface area contributed by atoms with Crippen LogP contribution in [0.1, 0.15) is 25.0 Å². The van der Waals surface area contributed by atoms with Crippen LogP contribution in [0, 0.1) is 12.8 Å². The van der Waals surface area contributed by atoms with E-state index in [1.807, 2.05) is 61.5 Å². The van der Waals surface area contributed by atoms with Crippen LogP contribution >= 0.6 is 0 Å². The molecule has 0 N–H and O–H groups in total. The highest BCUT2D eigenvalue weighted by Crippen LogP contribution is 2.30. The number of benzene rings is 3. The van der Waals surface area contributed by atoms with Crippen molar-refractivity contribution in [2.45, 2.75) is 31.7 Å². The molecule has 0 saturated heterocycles. The van der Waals surface area contributed by atoms with Crippen molar-refractivity contribution in [1.82, 2.24) is 4.31 Å². The van der Waals surface area contributed by atoms with Gasteiger partial charge in [0, 0.05) is 5.56 Å². The van der Waals surface area contributed by atoms with Gasteiger partial charge in [-0.25, -0.2) is 12.7 Å². The standard InChI is InChI=1S/C23H24N2O2S/c1-16(2)22-15-25(28(26,27)19-13-11-17(3)12-14-19)23(24-22)21-10-6-8-18-7-4-5-9-20(18)21/h4-14,16,22H,15H2,1-3H3/t22-/m1/s1. The number of sulfonamides is 1. The Morgan fingerprint density at radius 1 is 0.964 bits per heavy atom. The van der Waals surface area contributed by atoms with Gasteiger partial charge in [-0.15, -0.1) is 0 Å². The van der Waals surface area contributed by atoms with E-state index in [9.17, 15) is 8.42 Å². The summed E-state index contributed by atoms with van der Waals surface area (Å²) in [7, 11) is -3.69. The molecule has 1 aliphatic heterocycles. The molecule has 1 atom stereocenters. The van der Waals surface area contributed by atoms with Crippen LogP contribution in [0.3, 0.4) is 0 Å². The Kier molecular flexibility index (Phi) is 4.71. The van der Waals surface area contributed by atoms with E-state index in [0.29, 0.717) is 17.3 Å². The van der Waals surface area contributed by atoms with E-state index in [1.54, 1.807) is 12.1 Å². The molecule has 4 rings (SSSR count). The van der Waals surface area contributed by atoms with Gasteiger partial charge < -0.3 is 0 Å². The summed E-state index contributed by atoms with van der Waals surface area (Å²) in [5.74, 6) is 0.791. The van der Waals surface area contributed by atoms with Gasteiger partial charge in [-0.1, -0.05) is 74.0 Å². The van der Waals surface area contributed by atoms with Gasteiger partial charge in [0.1, 0.15) is 5.84 Å². The first-order valence-corrected chi connectivity index (χ1v) is 11.0. The van der Waals surface area contributed by atoms with Gasteiger partial charge in [0.25, 0.3) is 10.0 Å². The molecular weight excluding hydrogens is 368 g/mol. The number of amidine groups is 1. The average molecular weight is 393 g/mol. The molecule has 0 saturated carbocycles. The minimum absolute atomic E-state index is 0.0609. The Hall–Kier alpha value is -2.66. The van der Waals surface area contributed by atoms with Crippen LogP contribution in [-0.4, -0.2) is 31.1 Å². The van der Waals surface area contributed by atoms with E-state index in [-0.39, 0.29) is 12.0 Å². The molecule has 0 spiro atoms. The summed E-state index contributed by atoms with van der Waals surface area (Å²) in [5.41, 5.74) is 1.89. The zero-order valence-corrected chi connectivity index (χ0v) is 17.1. The molecule has 3 aromatic rings. The summed E-state index contributed by atoms with van der Waals surface area (Å²) in [6.45, 7) is 6.48. The van der Waals surface area contributed by atoms with Gasteiger partial charge in [-0.05, 0) is 35.7 Å². The zero-order chi connectivity index (χ0) is 19.9. The number of fused-ring (bicyclic) bond motifs is 1. The Morgan fingerprint density at radius 3 is 2.36 bits per heavy atom. The van der Waals surface area contributed by atoms with Crippen molar-refractivity contribution in [1.29, 1.82) is 0 Å². The van der Waals surface area contributed by atoms with Crippen molar-refractivity contribution in [2.75, 3.05) is 6.54 Å². The predicted octanol–water partition coefficient (Wildman–Crippen LogP) is 4.62. The minimum Gasteiger partial charge on any atom is -0.262 e. The fourth-order valence-corrected chi connectivity index (χ4v) is 5.01. The zero-order valence-electron chi connectivity index (χ0n) is 16.3. The first-order chi connectivity index (χ1) is 13.4. The normalized spacial score (nSPS) is 17.4. The number of rotatable bonds is 4. The molecule has 0 unspecified atom stereocenters. The maximum Gasteiger partial charge on any atom is 0.265 e. The highest BCUT2D eigenvalue weighted by Gasteiger charge is 2.37. The first kappa shape index (κ1) is 18.7. The van der Waals surface area contributed by atoms with E-state index in [1.165, 1.54) is 4.31 Å². The minimum atomic E-state index is -3.69. The van der Waals surface area contributed by atoms with E-state index in [4.69, 9.17) is 4.99 Å². The lowest BCUT2D eigenvalue weighted by Gasteiger charge is -2.22. The third-order valence-electron chi connectivity index (χ3n) is 5.29. The highest BCUT2D eigenvalue weighted by molar-refractivity contribution is 7.89. The average Bonchev–Trinajstić information content (AvgIpc) is 3.14. The maximum atomic E-state index is 13.5. The molecule has 0 aromatic heterocycles. The van der Waals surface area contributed by atoms with Crippen LogP contribution in [0.15, 0.2) is 76.6 Å². The molecule has 144 valence electrons. The fraction of sp³-hybridized carbons (Fsp3) is 0.261. The second-order valence-electron chi connectivity index (χ2n) is 7.64. The molecule has 0 fully saturated rings. The van der Waals surface area contributed by atoms with Crippen LogP contribution in [0.5, 0.6) is 0 Å².